The Morgan fingerprint density at radius 2 is 2.38 bits per heavy atom. The van der Waals surface area contributed by atoms with Gasteiger partial charge in [0.2, 0.25) is 0 Å². The number of thioether (sulfide) groups is 1. The van der Waals surface area contributed by atoms with Gasteiger partial charge in [-0.3, -0.25) is 4.99 Å². The smallest absolute Gasteiger partial charge is 0.159 e. The summed E-state index contributed by atoms with van der Waals surface area (Å²) in [5, 5.41) is 2.42. The minimum Gasteiger partial charge on any atom is -0.351 e. The monoisotopic (exact) mass is 326 g/mol. The summed E-state index contributed by atoms with van der Waals surface area (Å²) >= 11 is 5.19. The van der Waals surface area contributed by atoms with Gasteiger partial charge < -0.3 is 4.90 Å². The molecule has 2 rings (SSSR count). The van der Waals surface area contributed by atoms with E-state index in [1.54, 1.807) is 11.8 Å². The summed E-state index contributed by atoms with van der Waals surface area (Å²) in [6, 6.07) is 0.116. The molecule has 92 valence electrons. The Kier molecular flexibility index (Phi) is 3.86. The van der Waals surface area contributed by atoms with E-state index < -0.39 is 9.84 Å². The highest BCUT2D eigenvalue weighted by atomic mass is 79.9. The molecular weight excluding hydrogens is 312 g/mol. The summed E-state index contributed by atoms with van der Waals surface area (Å²) < 4.78 is 22.8. The second-order valence-electron chi connectivity index (χ2n) is 4.19. The Bertz CT molecular complexity index is 396. The molecule has 0 bridgehead atoms. The lowest BCUT2D eigenvalue weighted by Crippen LogP contribution is -2.35. The van der Waals surface area contributed by atoms with Crippen LogP contribution in [0.3, 0.4) is 0 Å². The molecule has 0 aromatic rings. The van der Waals surface area contributed by atoms with Gasteiger partial charge in [-0.25, -0.2) is 8.42 Å². The third-order valence-electron chi connectivity index (χ3n) is 2.93. The van der Waals surface area contributed by atoms with Crippen LogP contribution in [-0.4, -0.2) is 60.2 Å². The van der Waals surface area contributed by atoms with Gasteiger partial charge in [0, 0.05) is 23.7 Å². The fourth-order valence-corrected chi connectivity index (χ4v) is 5.27. The van der Waals surface area contributed by atoms with E-state index in [0.29, 0.717) is 11.0 Å². The van der Waals surface area contributed by atoms with Gasteiger partial charge in [-0.05, 0) is 6.42 Å². The van der Waals surface area contributed by atoms with Gasteiger partial charge in [0.15, 0.2) is 15.0 Å². The number of alkyl halides is 1. The first kappa shape index (κ1) is 12.7. The molecule has 1 saturated heterocycles. The van der Waals surface area contributed by atoms with E-state index in [-0.39, 0.29) is 11.8 Å². The van der Waals surface area contributed by atoms with Gasteiger partial charge in [-0.2, -0.15) is 0 Å². The molecule has 16 heavy (non-hydrogen) atoms. The average Bonchev–Trinajstić information content (AvgIpc) is 2.83. The second-order valence-corrected chi connectivity index (χ2v) is 8.33. The minimum atomic E-state index is -2.80. The highest BCUT2D eigenvalue weighted by Gasteiger charge is 2.33. The zero-order chi connectivity index (χ0) is 11.8. The number of aliphatic imine (C=N–C) groups is 1. The highest BCUT2D eigenvalue weighted by molar-refractivity contribution is 9.09. The lowest BCUT2D eigenvalue weighted by Gasteiger charge is -2.24. The van der Waals surface area contributed by atoms with Crippen molar-refractivity contribution in [2.24, 2.45) is 4.99 Å². The zero-order valence-corrected chi connectivity index (χ0v) is 12.3. The van der Waals surface area contributed by atoms with E-state index in [1.165, 1.54) is 0 Å². The zero-order valence-electron chi connectivity index (χ0n) is 9.10. The molecule has 1 fully saturated rings. The van der Waals surface area contributed by atoms with E-state index in [4.69, 9.17) is 0 Å². The average molecular weight is 327 g/mol. The molecule has 0 aromatic heterocycles. The summed E-state index contributed by atoms with van der Waals surface area (Å²) in [5.74, 6) is 0.601. The number of hydrogen-bond donors (Lipinski definition) is 0. The third kappa shape index (κ3) is 2.73. The van der Waals surface area contributed by atoms with Crippen LogP contribution in [0.5, 0.6) is 0 Å². The van der Waals surface area contributed by atoms with Crippen LogP contribution in [-0.2, 0) is 9.84 Å². The molecule has 0 spiro atoms. The maximum absolute atomic E-state index is 11.4. The van der Waals surface area contributed by atoms with Crippen LogP contribution in [0.15, 0.2) is 4.99 Å². The predicted molar refractivity (Wildman–Crippen MR) is 72.3 cm³/mol. The largest absolute Gasteiger partial charge is 0.351 e. The first-order chi connectivity index (χ1) is 7.52. The molecule has 2 unspecified atom stereocenters. The van der Waals surface area contributed by atoms with Gasteiger partial charge in [-0.15, -0.1) is 0 Å². The fourth-order valence-electron chi connectivity index (χ4n) is 1.92. The Hall–Kier alpha value is 0.250. The molecule has 7 heteroatoms. The highest BCUT2D eigenvalue weighted by Crippen LogP contribution is 2.27. The molecule has 2 aliphatic rings. The minimum absolute atomic E-state index is 0.116. The van der Waals surface area contributed by atoms with Crippen molar-refractivity contribution in [2.75, 3.05) is 30.4 Å². The maximum Gasteiger partial charge on any atom is 0.159 e. The van der Waals surface area contributed by atoms with Crippen LogP contribution in [0.2, 0.25) is 0 Å². The summed E-state index contributed by atoms with van der Waals surface area (Å²) in [7, 11) is -0.852. The molecule has 2 atom stereocenters. The van der Waals surface area contributed by atoms with Crippen LogP contribution in [0, 0.1) is 0 Å². The lowest BCUT2D eigenvalue weighted by atomic mass is 10.2. The quantitative estimate of drug-likeness (QED) is 0.709. The molecule has 2 heterocycles. The summed E-state index contributed by atoms with van der Waals surface area (Å²) in [4.78, 5) is 6.50. The first-order valence-corrected chi connectivity index (χ1v) is 9.04. The van der Waals surface area contributed by atoms with Gasteiger partial charge in [0.25, 0.3) is 0 Å². The van der Waals surface area contributed by atoms with E-state index in [1.807, 2.05) is 11.9 Å². The van der Waals surface area contributed by atoms with Crippen molar-refractivity contribution in [2.45, 2.75) is 17.7 Å². The molecule has 0 aromatic carbocycles. The van der Waals surface area contributed by atoms with Crippen molar-refractivity contribution in [3.05, 3.63) is 0 Å². The molecular formula is C9H15BrN2O2S2. The SMILES string of the molecule is CN(C1=NCC(CBr)S1)C1CCS(=O)(=O)C1. The van der Waals surface area contributed by atoms with Crippen LogP contribution in [0.25, 0.3) is 0 Å². The van der Waals surface area contributed by atoms with Crippen molar-refractivity contribution < 1.29 is 8.42 Å². The molecule has 4 nitrogen and oxygen atoms in total. The maximum atomic E-state index is 11.4. The van der Waals surface area contributed by atoms with Crippen LogP contribution in [0.4, 0.5) is 0 Å². The fraction of sp³-hybridized carbons (Fsp3) is 0.889. The van der Waals surface area contributed by atoms with Gasteiger partial charge in [0.05, 0.1) is 18.1 Å². The Balaban J connectivity index is 1.97. The Morgan fingerprint density at radius 3 is 2.88 bits per heavy atom. The standard InChI is InChI=1S/C9H15BrN2O2S2/c1-12(7-2-3-16(13,14)6-7)9-11-5-8(4-10)15-9/h7-8H,2-6H2,1H3. The topological polar surface area (TPSA) is 49.7 Å². The third-order valence-corrected chi connectivity index (χ3v) is 7.17. The Labute approximate surface area is 109 Å². The van der Waals surface area contributed by atoms with Crippen molar-refractivity contribution in [3.63, 3.8) is 0 Å². The molecule has 0 saturated carbocycles. The number of halogens is 1. The predicted octanol–water partition coefficient (Wildman–Crippen LogP) is 0.972. The molecule has 2 aliphatic heterocycles. The molecule has 0 amide bonds. The van der Waals surface area contributed by atoms with E-state index in [9.17, 15) is 8.42 Å². The van der Waals surface area contributed by atoms with Crippen LogP contribution in [0.1, 0.15) is 6.42 Å². The number of nitrogens with zero attached hydrogens (tertiary/aromatic N) is 2. The van der Waals surface area contributed by atoms with Crippen molar-refractivity contribution >= 4 is 42.7 Å². The summed E-state index contributed by atoms with van der Waals surface area (Å²) in [6.45, 7) is 0.828. The number of sulfone groups is 1. The van der Waals surface area contributed by atoms with Gasteiger partial charge in [0.1, 0.15) is 0 Å². The van der Waals surface area contributed by atoms with Crippen LogP contribution < -0.4 is 0 Å². The second kappa shape index (κ2) is 4.86. The molecule has 0 radical (unpaired) electrons. The lowest BCUT2D eigenvalue weighted by molar-refractivity contribution is 0.403. The molecule has 0 aliphatic carbocycles. The van der Waals surface area contributed by atoms with Crippen molar-refractivity contribution in [1.82, 2.24) is 4.90 Å². The van der Waals surface area contributed by atoms with Gasteiger partial charge >= 0.3 is 0 Å². The molecule has 0 N–H and O–H groups in total. The summed E-state index contributed by atoms with van der Waals surface area (Å²) in [6.07, 6.45) is 0.734. The van der Waals surface area contributed by atoms with Crippen LogP contribution >= 0.6 is 27.7 Å². The normalized spacial score (nSPS) is 32.8. The van der Waals surface area contributed by atoms with Crippen molar-refractivity contribution in [1.29, 1.82) is 0 Å². The van der Waals surface area contributed by atoms with E-state index in [0.717, 1.165) is 23.5 Å². The number of rotatable bonds is 2. The van der Waals surface area contributed by atoms with E-state index >= 15 is 0 Å². The number of amidine groups is 1. The summed E-state index contributed by atoms with van der Waals surface area (Å²) in [5.41, 5.74) is 0. The van der Waals surface area contributed by atoms with E-state index in [2.05, 4.69) is 20.9 Å². The Morgan fingerprint density at radius 1 is 1.62 bits per heavy atom. The van der Waals surface area contributed by atoms with Crippen molar-refractivity contribution in [3.8, 4) is 0 Å². The number of hydrogen-bond acceptors (Lipinski definition) is 5. The first-order valence-electron chi connectivity index (χ1n) is 5.22. The van der Waals surface area contributed by atoms with Gasteiger partial charge in [-0.1, -0.05) is 27.7 Å².